The van der Waals surface area contributed by atoms with Crippen molar-refractivity contribution in [2.75, 3.05) is 20.3 Å². The van der Waals surface area contributed by atoms with E-state index in [4.69, 9.17) is 15.9 Å². The van der Waals surface area contributed by atoms with E-state index < -0.39 is 6.03 Å². The van der Waals surface area contributed by atoms with Crippen molar-refractivity contribution in [1.82, 2.24) is 10.2 Å². The van der Waals surface area contributed by atoms with E-state index in [1.54, 1.807) is 18.2 Å². The number of terminal acetylenes is 1. The molecule has 0 bridgehead atoms. The van der Waals surface area contributed by atoms with Gasteiger partial charge in [0.05, 0.1) is 6.61 Å². The van der Waals surface area contributed by atoms with E-state index in [0.29, 0.717) is 30.1 Å². The van der Waals surface area contributed by atoms with Gasteiger partial charge in [-0.2, -0.15) is 0 Å². The summed E-state index contributed by atoms with van der Waals surface area (Å²) in [4.78, 5) is 24.6. The Balaban J connectivity index is 2.49. The lowest BCUT2D eigenvalue weighted by Gasteiger charge is -2.15. The van der Waals surface area contributed by atoms with Gasteiger partial charge in [-0.1, -0.05) is 12.0 Å². The van der Waals surface area contributed by atoms with Crippen LogP contribution < -0.4 is 14.8 Å². The molecule has 1 aromatic rings. The number of ether oxygens (including phenoxy) is 2. The summed E-state index contributed by atoms with van der Waals surface area (Å²) in [7, 11) is 1.42. The third kappa shape index (κ3) is 4.01. The molecule has 25 heavy (non-hydrogen) atoms. The maximum absolute atomic E-state index is 12.0. The van der Waals surface area contributed by atoms with E-state index >= 15 is 0 Å². The van der Waals surface area contributed by atoms with E-state index in [1.165, 1.54) is 7.05 Å². The highest BCUT2D eigenvalue weighted by molar-refractivity contribution is 6.13. The molecule has 0 saturated carbocycles. The second-order valence-electron chi connectivity index (χ2n) is 5.28. The Labute approximate surface area is 147 Å². The Kier molecular flexibility index (Phi) is 5.85. The quantitative estimate of drug-likeness (QED) is 0.358. The fraction of sp³-hybridized carbons (Fsp3) is 0.263. The number of rotatable bonds is 7. The molecule has 0 atom stereocenters. The SMILES string of the molecule is C#CCOc1c(CC=C)cc(/C=C2/NC(=O)N(C)C2=O)cc1OCC. The highest BCUT2D eigenvalue weighted by Gasteiger charge is 2.30. The van der Waals surface area contributed by atoms with E-state index in [9.17, 15) is 9.59 Å². The number of hydrogen-bond acceptors (Lipinski definition) is 4. The van der Waals surface area contributed by atoms with Crippen molar-refractivity contribution < 1.29 is 19.1 Å². The maximum Gasteiger partial charge on any atom is 0.328 e. The second-order valence-corrected chi connectivity index (χ2v) is 5.28. The molecule has 0 aliphatic carbocycles. The van der Waals surface area contributed by atoms with Crippen LogP contribution in [0.15, 0.2) is 30.5 Å². The summed E-state index contributed by atoms with van der Waals surface area (Å²) in [5.41, 5.74) is 1.73. The summed E-state index contributed by atoms with van der Waals surface area (Å²) in [6, 6.07) is 3.13. The van der Waals surface area contributed by atoms with Crippen LogP contribution in [0, 0.1) is 12.3 Å². The molecule has 6 heteroatoms. The molecular formula is C19H20N2O4. The number of imide groups is 1. The second kappa shape index (κ2) is 8.06. The van der Waals surface area contributed by atoms with Crippen LogP contribution in [0.2, 0.25) is 0 Å². The summed E-state index contributed by atoms with van der Waals surface area (Å²) in [5, 5.41) is 2.53. The Morgan fingerprint density at radius 3 is 2.68 bits per heavy atom. The molecule has 2 rings (SSSR count). The molecule has 1 fully saturated rings. The van der Waals surface area contributed by atoms with Crippen molar-refractivity contribution in [2.24, 2.45) is 0 Å². The minimum absolute atomic E-state index is 0.115. The first kappa shape index (κ1) is 18.1. The van der Waals surface area contributed by atoms with Gasteiger partial charge in [0.15, 0.2) is 11.5 Å². The number of allylic oxidation sites excluding steroid dienone is 1. The highest BCUT2D eigenvalue weighted by Crippen LogP contribution is 2.34. The van der Waals surface area contributed by atoms with Crippen LogP contribution in [-0.2, 0) is 11.2 Å². The molecule has 1 aliphatic rings. The summed E-state index contributed by atoms with van der Waals surface area (Å²) >= 11 is 0. The zero-order valence-corrected chi connectivity index (χ0v) is 14.3. The van der Waals surface area contributed by atoms with Gasteiger partial charge in [0.1, 0.15) is 12.3 Å². The first-order valence-electron chi connectivity index (χ1n) is 7.79. The van der Waals surface area contributed by atoms with Crippen molar-refractivity contribution in [3.63, 3.8) is 0 Å². The summed E-state index contributed by atoms with van der Waals surface area (Å²) in [6.07, 6.45) is 9.15. The predicted octanol–water partition coefficient (Wildman–Crippen LogP) is 2.35. The zero-order valence-electron chi connectivity index (χ0n) is 14.3. The van der Waals surface area contributed by atoms with Gasteiger partial charge in [-0.25, -0.2) is 4.79 Å². The molecule has 1 heterocycles. The summed E-state index contributed by atoms with van der Waals surface area (Å²) in [5.74, 6) is 3.12. The maximum atomic E-state index is 12.0. The molecule has 0 spiro atoms. The molecule has 1 N–H and O–H groups in total. The topological polar surface area (TPSA) is 67.9 Å². The van der Waals surface area contributed by atoms with Gasteiger partial charge >= 0.3 is 6.03 Å². The average molecular weight is 340 g/mol. The molecule has 0 aromatic heterocycles. The Bertz CT molecular complexity index is 774. The number of amides is 3. The molecule has 1 saturated heterocycles. The largest absolute Gasteiger partial charge is 0.490 e. The smallest absolute Gasteiger partial charge is 0.328 e. The van der Waals surface area contributed by atoms with E-state index in [0.717, 1.165) is 10.5 Å². The molecule has 1 aliphatic heterocycles. The number of carbonyl (C=O) groups excluding carboxylic acids is 2. The molecule has 0 unspecified atom stereocenters. The number of nitrogens with zero attached hydrogens (tertiary/aromatic N) is 1. The van der Waals surface area contributed by atoms with Gasteiger partial charge < -0.3 is 14.8 Å². The van der Waals surface area contributed by atoms with E-state index in [-0.39, 0.29) is 18.2 Å². The highest BCUT2D eigenvalue weighted by atomic mass is 16.5. The van der Waals surface area contributed by atoms with Crippen LogP contribution in [0.25, 0.3) is 6.08 Å². The van der Waals surface area contributed by atoms with Crippen LogP contribution in [-0.4, -0.2) is 37.1 Å². The average Bonchev–Trinajstić information content (AvgIpc) is 2.82. The van der Waals surface area contributed by atoms with Crippen LogP contribution in [0.1, 0.15) is 18.1 Å². The lowest BCUT2D eigenvalue weighted by atomic mass is 10.0. The Morgan fingerprint density at radius 2 is 2.12 bits per heavy atom. The van der Waals surface area contributed by atoms with Gasteiger partial charge in [0.25, 0.3) is 5.91 Å². The first-order chi connectivity index (χ1) is 12.0. The fourth-order valence-electron chi connectivity index (χ4n) is 2.40. The van der Waals surface area contributed by atoms with Gasteiger partial charge in [0, 0.05) is 12.6 Å². The van der Waals surface area contributed by atoms with Crippen molar-refractivity contribution in [1.29, 1.82) is 0 Å². The number of hydrogen-bond donors (Lipinski definition) is 1. The lowest BCUT2D eigenvalue weighted by molar-refractivity contribution is -0.121. The Morgan fingerprint density at radius 1 is 1.36 bits per heavy atom. The lowest BCUT2D eigenvalue weighted by Crippen LogP contribution is -2.25. The monoisotopic (exact) mass is 340 g/mol. The molecular weight excluding hydrogens is 320 g/mol. The van der Waals surface area contributed by atoms with Crippen molar-refractivity contribution in [3.05, 3.63) is 41.6 Å². The molecule has 3 amide bonds. The number of likely N-dealkylation sites (N-methyl/N-ethyl adjacent to an activating group) is 1. The molecule has 0 radical (unpaired) electrons. The minimum Gasteiger partial charge on any atom is -0.490 e. The first-order valence-corrected chi connectivity index (χ1v) is 7.79. The summed E-state index contributed by atoms with van der Waals surface area (Å²) < 4.78 is 11.3. The van der Waals surface area contributed by atoms with Crippen LogP contribution in [0.3, 0.4) is 0 Å². The number of nitrogens with one attached hydrogen (secondary N) is 1. The van der Waals surface area contributed by atoms with Gasteiger partial charge in [0.2, 0.25) is 0 Å². The number of urea groups is 1. The minimum atomic E-state index is -0.457. The van der Waals surface area contributed by atoms with Gasteiger partial charge in [-0.15, -0.1) is 13.0 Å². The van der Waals surface area contributed by atoms with E-state index in [1.807, 2.05) is 13.0 Å². The van der Waals surface area contributed by atoms with Gasteiger partial charge in [-0.05, 0) is 37.1 Å². The van der Waals surface area contributed by atoms with Crippen molar-refractivity contribution in [3.8, 4) is 23.8 Å². The van der Waals surface area contributed by atoms with Gasteiger partial charge in [-0.3, -0.25) is 9.69 Å². The summed E-state index contributed by atoms with van der Waals surface area (Å²) in [6.45, 7) is 6.17. The molecule has 6 nitrogen and oxygen atoms in total. The van der Waals surface area contributed by atoms with Crippen molar-refractivity contribution in [2.45, 2.75) is 13.3 Å². The molecule has 130 valence electrons. The van der Waals surface area contributed by atoms with E-state index in [2.05, 4.69) is 17.8 Å². The predicted molar refractivity (Wildman–Crippen MR) is 95.1 cm³/mol. The van der Waals surface area contributed by atoms with Crippen LogP contribution >= 0.6 is 0 Å². The third-order valence-electron chi connectivity index (χ3n) is 3.51. The normalized spacial score (nSPS) is 15.1. The Hall–Kier alpha value is -3.20. The number of carbonyl (C=O) groups is 2. The molecule has 1 aromatic carbocycles. The zero-order chi connectivity index (χ0) is 18.4. The fourth-order valence-corrected chi connectivity index (χ4v) is 2.40. The van der Waals surface area contributed by atoms with Crippen molar-refractivity contribution >= 4 is 18.0 Å². The third-order valence-corrected chi connectivity index (χ3v) is 3.51. The number of benzene rings is 1. The standard InChI is InChI=1S/C19H20N2O4/c1-5-8-14-10-13(11-15-18(22)21(4)19(23)20-15)12-16(24-7-3)17(14)25-9-6-2/h2,5,10-12H,1,7-9H2,3-4H3,(H,20,23)/b15-11+. The van der Waals surface area contributed by atoms with Crippen LogP contribution in [0.4, 0.5) is 4.79 Å². The van der Waals surface area contributed by atoms with Crippen LogP contribution in [0.5, 0.6) is 11.5 Å².